The Morgan fingerprint density at radius 1 is 1.23 bits per heavy atom. The highest BCUT2D eigenvalue weighted by molar-refractivity contribution is 7.92. The lowest BCUT2D eigenvalue weighted by Gasteiger charge is -2.17. The molecule has 0 saturated heterocycles. The van der Waals surface area contributed by atoms with Crippen molar-refractivity contribution in [1.82, 2.24) is 9.55 Å². The Labute approximate surface area is 176 Å². The maximum atomic E-state index is 14.5. The molecule has 0 amide bonds. The zero-order valence-corrected chi connectivity index (χ0v) is 18.0. The molecule has 1 aromatic heterocycles. The predicted octanol–water partition coefficient (Wildman–Crippen LogP) is 4.07. The van der Waals surface area contributed by atoms with Crippen LogP contribution in [-0.4, -0.2) is 23.7 Å². The van der Waals surface area contributed by atoms with Crippen LogP contribution >= 0.6 is 11.6 Å². The third-order valence-electron chi connectivity index (χ3n) is 4.50. The van der Waals surface area contributed by atoms with Crippen LogP contribution in [0.5, 0.6) is 0 Å². The molecule has 0 radical (unpaired) electrons. The summed E-state index contributed by atoms with van der Waals surface area (Å²) in [6.07, 6.45) is 1.72. The Hall–Kier alpha value is -2.72. The summed E-state index contributed by atoms with van der Waals surface area (Å²) in [4.78, 5) is 16.6. The molecule has 0 aliphatic carbocycles. The van der Waals surface area contributed by atoms with Crippen LogP contribution in [0.25, 0.3) is 10.9 Å². The van der Waals surface area contributed by atoms with Gasteiger partial charge < -0.3 is 9.88 Å². The number of hydrogen-bond donors (Lipinski definition) is 2. The minimum Gasteiger partial charge on any atom is -0.352 e. The summed E-state index contributed by atoms with van der Waals surface area (Å²) in [7, 11) is -2.23. The number of hydrogen-bond acceptors (Lipinski definition) is 5. The van der Waals surface area contributed by atoms with Gasteiger partial charge in [0, 0.05) is 18.8 Å². The molecule has 0 fully saturated rings. The standard InChI is InChI=1S/C19H19ClF2N4O3S/c1-4-7-30(28,29)25-14-8-11(21)17(22)18(16(14)20)24-12-5-6-13-15(10(12)2)19(27)26(3)9-23-13/h5-6,8-9,24-25H,4,7H2,1-3H3. The molecule has 11 heteroatoms. The van der Waals surface area contributed by atoms with Crippen LogP contribution in [0.4, 0.5) is 25.8 Å². The van der Waals surface area contributed by atoms with Gasteiger partial charge in [0.05, 0.1) is 39.4 Å². The van der Waals surface area contributed by atoms with Crippen LogP contribution < -0.4 is 15.6 Å². The van der Waals surface area contributed by atoms with E-state index in [1.54, 1.807) is 33.0 Å². The zero-order chi connectivity index (χ0) is 22.2. The van der Waals surface area contributed by atoms with Gasteiger partial charge >= 0.3 is 0 Å². The third kappa shape index (κ3) is 4.10. The summed E-state index contributed by atoms with van der Waals surface area (Å²) in [5.74, 6) is -2.77. The van der Waals surface area contributed by atoms with Crippen molar-refractivity contribution in [3.63, 3.8) is 0 Å². The van der Waals surface area contributed by atoms with Gasteiger partial charge in [0.1, 0.15) is 0 Å². The SMILES string of the molecule is CCCS(=O)(=O)Nc1cc(F)c(F)c(Nc2ccc3ncn(C)c(=O)c3c2C)c1Cl. The van der Waals surface area contributed by atoms with E-state index < -0.39 is 27.3 Å². The summed E-state index contributed by atoms with van der Waals surface area (Å²) in [6.45, 7) is 3.30. The summed E-state index contributed by atoms with van der Waals surface area (Å²) in [5.41, 5.74) is 0.145. The van der Waals surface area contributed by atoms with E-state index in [4.69, 9.17) is 11.6 Å². The van der Waals surface area contributed by atoms with E-state index >= 15 is 0 Å². The van der Waals surface area contributed by atoms with Crippen molar-refractivity contribution >= 4 is 49.6 Å². The first-order valence-corrected chi connectivity index (χ1v) is 11.0. The van der Waals surface area contributed by atoms with Crippen molar-refractivity contribution in [2.75, 3.05) is 15.8 Å². The van der Waals surface area contributed by atoms with Crippen molar-refractivity contribution in [3.8, 4) is 0 Å². The molecule has 0 atom stereocenters. The molecule has 3 rings (SSSR count). The average Bonchev–Trinajstić information content (AvgIpc) is 2.67. The molecule has 0 bridgehead atoms. The minimum absolute atomic E-state index is 0.203. The predicted molar refractivity (Wildman–Crippen MR) is 114 cm³/mol. The molecule has 7 nitrogen and oxygen atoms in total. The monoisotopic (exact) mass is 456 g/mol. The Balaban J connectivity index is 2.12. The number of aromatic nitrogens is 2. The van der Waals surface area contributed by atoms with Crippen LogP contribution in [0.15, 0.2) is 29.3 Å². The minimum atomic E-state index is -3.78. The number of nitrogens with zero attached hydrogens (tertiary/aromatic N) is 2. The Bertz CT molecular complexity index is 1310. The average molecular weight is 457 g/mol. The molecular weight excluding hydrogens is 438 g/mol. The highest BCUT2D eigenvalue weighted by Gasteiger charge is 2.21. The maximum Gasteiger partial charge on any atom is 0.261 e. The lowest BCUT2D eigenvalue weighted by Crippen LogP contribution is -2.18. The van der Waals surface area contributed by atoms with Crippen LogP contribution in [0, 0.1) is 18.6 Å². The molecule has 30 heavy (non-hydrogen) atoms. The quantitative estimate of drug-likeness (QED) is 0.545. The molecule has 160 valence electrons. The van der Waals surface area contributed by atoms with Crippen molar-refractivity contribution < 1.29 is 17.2 Å². The van der Waals surface area contributed by atoms with Gasteiger partial charge in [0.25, 0.3) is 5.56 Å². The first kappa shape index (κ1) is 22.0. The first-order valence-electron chi connectivity index (χ1n) is 8.95. The molecular formula is C19H19ClF2N4O3S. The van der Waals surface area contributed by atoms with Gasteiger partial charge in [-0.1, -0.05) is 18.5 Å². The number of halogens is 3. The number of rotatable bonds is 6. The van der Waals surface area contributed by atoms with Crippen molar-refractivity contribution in [2.24, 2.45) is 7.05 Å². The fraction of sp³-hybridized carbons (Fsp3) is 0.263. The van der Waals surface area contributed by atoms with Crippen molar-refractivity contribution in [3.05, 3.63) is 57.1 Å². The van der Waals surface area contributed by atoms with Gasteiger partial charge in [0.2, 0.25) is 10.0 Å². The van der Waals surface area contributed by atoms with Gasteiger partial charge in [-0.25, -0.2) is 22.2 Å². The lowest BCUT2D eigenvalue weighted by atomic mass is 10.1. The van der Waals surface area contributed by atoms with E-state index in [1.807, 2.05) is 0 Å². The second-order valence-corrected chi connectivity index (χ2v) is 8.97. The van der Waals surface area contributed by atoms with Gasteiger partial charge in [-0.3, -0.25) is 9.52 Å². The fourth-order valence-corrected chi connectivity index (χ4v) is 4.42. The number of nitrogens with one attached hydrogen (secondary N) is 2. The molecule has 3 aromatic rings. The first-order chi connectivity index (χ1) is 14.1. The Kier molecular flexibility index (Phi) is 6.00. The number of sulfonamides is 1. The van der Waals surface area contributed by atoms with Crippen molar-refractivity contribution in [2.45, 2.75) is 20.3 Å². The number of fused-ring (bicyclic) bond motifs is 1. The maximum absolute atomic E-state index is 14.5. The van der Waals surface area contributed by atoms with E-state index in [9.17, 15) is 22.0 Å². The van der Waals surface area contributed by atoms with Crippen LogP contribution in [0.1, 0.15) is 18.9 Å². The number of benzene rings is 2. The van der Waals surface area contributed by atoms with Crippen LogP contribution in [0.3, 0.4) is 0 Å². The summed E-state index contributed by atoms with van der Waals surface area (Å²) >= 11 is 6.19. The van der Waals surface area contributed by atoms with Gasteiger partial charge in [-0.15, -0.1) is 0 Å². The highest BCUT2D eigenvalue weighted by atomic mass is 35.5. The second-order valence-electron chi connectivity index (χ2n) is 6.75. The largest absolute Gasteiger partial charge is 0.352 e. The summed E-state index contributed by atoms with van der Waals surface area (Å²) < 4.78 is 56.3. The van der Waals surface area contributed by atoms with Crippen LogP contribution in [-0.2, 0) is 17.1 Å². The summed E-state index contributed by atoms with van der Waals surface area (Å²) in [6, 6.07) is 3.79. The fourth-order valence-electron chi connectivity index (χ4n) is 3.00. The smallest absolute Gasteiger partial charge is 0.261 e. The molecule has 2 aromatic carbocycles. The zero-order valence-electron chi connectivity index (χ0n) is 16.4. The highest BCUT2D eigenvalue weighted by Crippen LogP contribution is 2.38. The molecule has 0 aliphatic rings. The third-order valence-corrected chi connectivity index (χ3v) is 6.37. The van der Waals surface area contributed by atoms with E-state index in [0.29, 0.717) is 34.6 Å². The van der Waals surface area contributed by atoms with E-state index in [0.717, 1.165) is 0 Å². The van der Waals surface area contributed by atoms with Gasteiger partial charge in [-0.2, -0.15) is 0 Å². The van der Waals surface area contributed by atoms with Crippen LogP contribution in [0.2, 0.25) is 5.02 Å². The van der Waals surface area contributed by atoms with Gasteiger partial charge in [-0.05, 0) is 31.0 Å². The molecule has 0 saturated carbocycles. The molecule has 0 aliphatic heterocycles. The Morgan fingerprint density at radius 3 is 2.60 bits per heavy atom. The van der Waals surface area contributed by atoms with E-state index in [2.05, 4.69) is 15.0 Å². The number of anilines is 3. The Morgan fingerprint density at radius 2 is 1.93 bits per heavy atom. The second kappa shape index (κ2) is 8.19. The molecule has 2 N–H and O–H groups in total. The number of aryl methyl sites for hydroxylation is 2. The molecule has 1 heterocycles. The lowest BCUT2D eigenvalue weighted by molar-refractivity contribution is 0.512. The molecule has 0 spiro atoms. The van der Waals surface area contributed by atoms with Crippen molar-refractivity contribution in [1.29, 1.82) is 0 Å². The normalized spacial score (nSPS) is 11.7. The molecule has 0 unspecified atom stereocenters. The van der Waals surface area contributed by atoms with E-state index in [-0.39, 0.29) is 22.0 Å². The van der Waals surface area contributed by atoms with Gasteiger partial charge in [0.15, 0.2) is 11.6 Å². The van der Waals surface area contributed by atoms with E-state index in [1.165, 1.54) is 10.9 Å². The summed E-state index contributed by atoms with van der Waals surface area (Å²) in [5, 5.41) is 2.66. The topological polar surface area (TPSA) is 93.1 Å².